The first-order chi connectivity index (χ1) is 8.01. The molecule has 2 atom stereocenters. The van der Waals surface area contributed by atoms with Crippen LogP contribution in [-0.2, 0) is 6.42 Å². The van der Waals surface area contributed by atoms with Crippen molar-refractivity contribution in [3.8, 4) is 0 Å². The SMILES string of the molecule is Cc1csc(CC2(O)CCCCC2C(C)C)n1. The smallest absolute Gasteiger partial charge is 0.0956 e. The molecule has 1 N–H and O–H groups in total. The van der Waals surface area contributed by atoms with E-state index in [9.17, 15) is 5.11 Å². The standard InChI is InChI=1S/C14H23NOS/c1-10(2)12-6-4-5-7-14(12,16)8-13-15-11(3)9-17-13/h9-10,12,16H,4-8H2,1-3H3. The second kappa shape index (κ2) is 5.07. The first-order valence-electron chi connectivity index (χ1n) is 6.64. The lowest BCUT2D eigenvalue weighted by Gasteiger charge is -2.42. The summed E-state index contributed by atoms with van der Waals surface area (Å²) in [6.07, 6.45) is 5.27. The zero-order valence-electron chi connectivity index (χ0n) is 11.1. The average Bonchev–Trinajstić information content (AvgIpc) is 2.63. The van der Waals surface area contributed by atoms with Crippen molar-refractivity contribution in [3.05, 3.63) is 16.1 Å². The lowest BCUT2D eigenvalue weighted by molar-refractivity contribution is -0.0652. The number of aliphatic hydroxyl groups is 1. The Morgan fingerprint density at radius 3 is 2.88 bits per heavy atom. The number of thiazole rings is 1. The van der Waals surface area contributed by atoms with E-state index in [4.69, 9.17) is 0 Å². The third kappa shape index (κ3) is 2.89. The molecule has 1 aromatic rings. The zero-order chi connectivity index (χ0) is 12.5. The summed E-state index contributed by atoms with van der Waals surface area (Å²) in [4.78, 5) is 4.50. The van der Waals surface area contributed by atoms with Crippen molar-refractivity contribution >= 4 is 11.3 Å². The van der Waals surface area contributed by atoms with Gasteiger partial charge in [-0.2, -0.15) is 0 Å². The molecule has 0 bridgehead atoms. The van der Waals surface area contributed by atoms with Gasteiger partial charge in [0.15, 0.2) is 0 Å². The molecule has 0 radical (unpaired) electrons. The molecule has 0 spiro atoms. The monoisotopic (exact) mass is 253 g/mol. The van der Waals surface area contributed by atoms with Crippen molar-refractivity contribution in [1.29, 1.82) is 0 Å². The van der Waals surface area contributed by atoms with Crippen molar-refractivity contribution < 1.29 is 5.11 Å². The third-order valence-corrected chi connectivity index (χ3v) is 4.96. The fourth-order valence-corrected chi connectivity index (χ4v) is 4.06. The van der Waals surface area contributed by atoms with Crippen LogP contribution in [0.1, 0.15) is 50.2 Å². The second-order valence-corrected chi connectivity index (χ2v) is 6.70. The van der Waals surface area contributed by atoms with Gasteiger partial charge in [0, 0.05) is 17.5 Å². The van der Waals surface area contributed by atoms with Crippen LogP contribution in [0.4, 0.5) is 0 Å². The molecular weight excluding hydrogens is 230 g/mol. The maximum atomic E-state index is 10.9. The highest BCUT2D eigenvalue weighted by molar-refractivity contribution is 7.09. The van der Waals surface area contributed by atoms with Gasteiger partial charge in [-0.3, -0.25) is 0 Å². The number of hydrogen-bond acceptors (Lipinski definition) is 3. The van der Waals surface area contributed by atoms with Crippen molar-refractivity contribution in [1.82, 2.24) is 4.98 Å². The number of aromatic nitrogens is 1. The van der Waals surface area contributed by atoms with Gasteiger partial charge in [0.2, 0.25) is 0 Å². The zero-order valence-corrected chi connectivity index (χ0v) is 11.9. The molecule has 0 aliphatic heterocycles. The molecule has 0 saturated heterocycles. The van der Waals surface area contributed by atoms with E-state index in [0.29, 0.717) is 11.8 Å². The first-order valence-corrected chi connectivity index (χ1v) is 7.52. The summed E-state index contributed by atoms with van der Waals surface area (Å²) in [5.41, 5.74) is 0.557. The highest BCUT2D eigenvalue weighted by Gasteiger charge is 2.40. The molecule has 17 heavy (non-hydrogen) atoms. The summed E-state index contributed by atoms with van der Waals surface area (Å²) in [6.45, 7) is 6.48. The Morgan fingerprint density at radius 1 is 1.53 bits per heavy atom. The lowest BCUT2D eigenvalue weighted by Crippen LogP contribution is -2.45. The van der Waals surface area contributed by atoms with Gasteiger partial charge in [0.25, 0.3) is 0 Å². The van der Waals surface area contributed by atoms with Crippen LogP contribution in [0.5, 0.6) is 0 Å². The van der Waals surface area contributed by atoms with Crippen molar-refractivity contribution in [2.24, 2.45) is 11.8 Å². The molecule has 3 heteroatoms. The second-order valence-electron chi connectivity index (χ2n) is 5.76. The van der Waals surface area contributed by atoms with E-state index in [1.165, 1.54) is 12.8 Å². The molecule has 1 aromatic heterocycles. The highest BCUT2D eigenvalue weighted by Crippen LogP contribution is 2.40. The summed E-state index contributed by atoms with van der Waals surface area (Å²) in [5, 5.41) is 14.1. The Morgan fingerprint density at radius 2 is 2.29 bits per heavy atom. The minimum Gasteiger partial charge on any atom is -0.389 e. The Kier molecular flexibility index (Phi) is 3.88. The fourth-order valence-electron chi connectivity index (χ4n) is 3.17. The van der Waals surface area contributed by atoms with E-state index in [2.05, 4.69) is 24.2 Å². The summed E-state index contributed by atoms with van der Waals surface area (Å²) >= 11 is 1.68. The normalized spacial score (nSPS) is 29.8. The average molecular weight is 253 g/mol. The predicted molar refractivity (Wildman–Crippen MR) is 72.3 cm³/mol. The van der Waals surface area contributed by atoms with Crippen LogP contribution in [0.2, 0.25) is 0 Å². The largest absolute Gasteiger partial charge is 0.389 e. The maximum absolute atomic E-state index is 10.9. The molecule has 1 saturated carbocycles. The van der Waals surface area contributed by atoms with E-state index in [0.717, 1.165) is 30.0 Å². The number of rotatable bonds is 3. The van der Waals surface area contributed by atoms with Crippen molar-refractivity contribution in [2.45, 2.75) is 58.5 Å². The van der Waals surface area contributed by atoms with Gasteiger partial charge < -0.3 is 5.11 Å². The van der Waals surface area contributed by atoms with Gasteiger partial charge in [0.05, 0.1) is 10.6 Å². The minimum atomic E-state index is -0.517. The van der Waals surface area contributed by atoms with Crippen LogP contribution in [-0.4, -0.2) is 15.7 Å². The van der Waals surface area contributed by atoms with Crippen molar-refractivity contribution in [2.75, 3.05) is 0 Å². The molecule has 0 amide bonds. The summed E-state index contributed by atoms with van der Waals surface area (Å²) < 4.78 is 0. The molecule has 2 rings (SSSR count). The van der Waals surface area contributed by atoms with E-state index < -0.39 is 5.60 Å². The van der Waals surface area contributed by atoms with Crippen molar-refractivity contribution in [3.63, 3.8) is 0 Å². The predicted octanol–water partition coefficient (Wildman–Crippen LogP) is 3.57. The Labute approximate surface area is 108 Å². The van der Waals surface area contributed by atoms with Crippen LogP contribution in [0.25, 0.3) is 0 Å². The Balaban J connectivity index is 2.14. The first kappa shape index (κ1) is 13.0. The van der Waals surface area contributed by atoms with Crippen LogP contribution < -0.4 is 0 Å². The van der Waals surface area contributed by atoms with Gasteiger partial charge in [-0.1, -0.05) is 26.7 Å². The van der Waals surface area contributed by atoms with E-state index in [1.807, 2.05) is 6.92 Å². The third-order valence-electron chi connectivity index (χ3n) is 3.99. The molecule has 1 aliphatic carbocycles. The van der Waals surface area contributed by atoms with Gasteiger partial charge >= 0.3 is 0 Å². The molecule has 1 aliphatic rings. The van der Waals surface area contributed by atoms with Crippen LogP contribution >= 0.6 is 11.3 Å². The van der Waals surface area contributed by atoms with Gasteiger partial charge in [-0.05, 0) is 31.6 Å². The van der Waals surface area contributed by atoms with Gasteiger partial charge in [0.1, 0.15) is 0 Å². The van der Waals surface area contributed by atoms with E-state index in [1.54, 1.807) is 11.3 Å². The van der Waals surface area contributed by atoms with Gasteiger partial charge in [-0.15, -0.1) is 11.3 Å². The quantitative estimate of drug-likeness (QED) is 0.893. The molecule has 1 heterocycles. The molecule has 96 valence electrons. The fraction of sp³-hybridized carbons (Fsp3) is 0.786. The van der Waals surface area contributed by atoms with Crippen LogP contribution in [0, 0.1) is 18.8 Å². The molecule has 2 unspecified atom stereocenters. The highest BCUT2D eigenvalue weighted by atomic mass is 32.1. The summed E-state index contributed by atoms with van der Waals surface area (Å²) in [6, 6.07) is 0. The number of nitrogens with zero attached hydrogens (tertiary/aromatic N) is 1. The molecule has 0 aromatic carbocycles. The van der Waals surface area contributed by atoms with Crippen LogP contribution in [0.3, 0.4) is 0 Å². The molecule has 2 nitrogen and oxygen atoms in total. The lowest BCUT2D eigenvalue weighted by atomic mass is 9.69. The molecular formula is C14H23NOS. The minimum absolute atomic E-state index is 0.431. The van der Waals surface area contributed by atoms with E-state index in [-0.39, 0.29) is 0 Å². The van der Waals surface area contributed by atoms with Crippen LogP contribution in [0.15, 0.2) is 5.38 Å². The summed E-state index contributed by atoms with van der Waals surface area (Å²) in [7, 11) is 0. The summed E-state index contributed by atoms with van der Waals surface area (Å²) in [5.74, 6) is 0.988. The number of aryl methyl sites for hydroxylation is 1. The Hall–Kier alpha value is -0.410. The maximum Gasteiger partial charge on any atom is 0.0956 e. The van der Waals surface area contributed by atoms with E-state index >= 15 is 0 Å². The topological polar surface area (TPSA) is 33.1 Å². The van der Waals surface area contributed by atoms with Gasteiger partial charge in [-0.25, -0.2) is 4.98 Å². The number of hydrogen-bond donors (Lipinski definition) is 1. The Bertz CT molecular complexity index is 374. The molecule has 1 fully saturated rings.